The maximum absolute atomic E-state index is 13.4. The minimum Gasteiger partial charge on any atom is -0.445 e. The van der Waals surface area contributed by atoms with E-state index in [1.165, 1.54) is 0 Å². The summed E-state index contributed by atoms with van der Waals surface area (Å²) in [5.74, 6) is -0.348. The molecule has 0 saturated heterocycles. The molecular formula is C33H30N2O7. The third-order valence-corrected chi connectivity index (χ3v) is 6.96. The Hall–Kier alpha value is -4.99. The quantitative estimate of drug-likeness (QED) is 0.240. The molecule has 0 fully saturated rings. The van der Waals surface area contributed by atoms with Gasteiger partial charge in [0.15, 0.2) is 5.78 Å². The van der Waals surface area contributed by atoms with Crippen LogP contribution in [0.2, 0.25) is 0 Å². The van der Waals surface area contributed by atoms with Crippen molar-refractivity contribution in [2.45, 2.75) is 38.5 Å². The molecule has 2 atom stereocenters. The zero-order valence-electron chi connectivity index (χ0n) is 22.7. The molecule has 9 nitrogen and oxygen atoms in total. The number of carbonyl (C=O) groups excluding carboxylic acids is 3. The third kappa shape index (κ3) is 6.83. The molecule has 42 heavy (non-hydrogen) atoms. The van der Waals surface area contributed by atoms with Crippen LogP contribution >= 0.6 is 0 Å². The second kappa shape index (κ2) is 13.1. The van der Waals surface area contributed by atoms with E-state index in [-0.39, 0.29) is 54.3 Å². The van der Waals surface area contributed by atoms with E-state index in [0.717, 1.165) is 11.1 Å². The van der Waals surface area contributed by atoms with E-state index in [1.54, 1.807) is 36.4 Å². The van der Waals surface area contributed by atoms with E-state index in [0.29, 0.717) is 11.1 Å². The SMILES string of the molecule is O=C(NCc1ccc2c(c1)[C@H](O)[C@@H](O)c1cc(CNC(=O)OCc3ccccc3)ccc1C2=O)OCc1ccccc1. The Morgan fingerprint density at radius 2 is 1.00 bits per heavy atom. The van der Waals surface area contributed by atoms with E-state index in [2.05, 4.69) is 10.6 Å². The minimum atomic E-state index is -1.39. The zero-order chi connectivity index (χ0) is 29.5. The van der Waals surface area contributed by atoms with Gasteiger partial charge in [-0.2, -0.15) is 0 Å². The van der Waals surface area contributed by atoms with Gasteiger partial charge in [-0.3, -0.25) is 4.79 Å². The first-order valence-corrected chi connectivity index (χ1v) is 13.4. The maximum Gasteiger partial charge on any atom is 0.407 e. The highest BCUT2D eigenvalue weighted by atomic mass is 16.6. The van der Waals surface area contributed by atoms with Crippen molar-refractivity contribution in [2.75, 3.05) is 0 Å². The molecule has 5 rings (SSSR count). The van der Waals surface area contributed by atoms with E-state index in [4.69, 9.17) is 9.47 Å². The highest BCUT2D eigenvalue weighted by Crippen LogP contribution is 2.38. The summed E-state index contributed by atoms with van der Waals surface area (Å²) in [4.78, 5) is 37.7. The number of hydrogen-bond acceptors (Lipinski definition) is 7. The molecule has 1 aliphatic carbocycles. The summed E-state index contributed by atoms with van der Waals surface area (Å²) in [7, 11) is 0. The van der Waals surface area contributed by atoms with Crippen molar-refractivity contribution in [3.05, 3.63) is 142 Å². The fourth-order valence-electron chi connectivity index (χ4n) is 4.73. The molecule has 4 N–H and O–H groups in total. The van der Waals surface area contributed by atoms with Crippen LogP contribution in [-0.4, -0.2) is 28.2 Å². The Bertz CT molecular complexity index is 1460. The van der Waals surface area contributed by atoms with Crippen molar-refractivity contribution < 1.29 is 34.1 Å². The van der Waals surface area contributed by atoms with Crippen LogP contribution in [-0.2, 0) is 35.8 Å². The fraction of sp³-hybridized carbons (Fsp3) is 0.182. The smallest absolute Gasteiger partial charge is 0.407 e. The topological polar surface area (TPSA) is 134 Å². The monoisotopic (exact) mass is 566 g/mol. The lowest BCUT2D eigenvalue weighted by Gasteiger charge is -2.19. The van der Waals surface area contributed by atoms with Crippen molar-refractivity contribution in [3.8, 4) is 0 Å². The van der Waals surface area contributed by atoms with E-state index in [9.17, 15) is 24.6 Å². The summed E-state index contributed by atoms with van der Waals surface area (Å²) in [6.07, 6.45) is -4.01. The second-order valence-corrected chi connectivity index (χ2v) is 9.89. The Morgan fingerprint density at radius 1 is 0.595 bits per heavy atom. The fourth-order valence-corrected chi connectivity index (χ4v) is 4.73. The van der Waals surface area contributed by atoms with E-state index in [1.807, 2.05) is 60.7 Å². The van der Waals surface area contributed by atoms with Gasteiger partial charge >= 0.3 is 12.2 Å². The van der Waals surface area contributed by atoms with E-state index >= 15 is 0 Å². The van der Waals surface area contributed by atoms with Gasteiger partial charge in [0.2, 0.25) is 0 Å². The van der Waals surface area contributed by atoms with Crippen molar-refractivity contribution in [2.24, 2.45) is 0 Å². The third-order valence-electron chi connectivity index (χ3n) is 6.96. The van der Waals surface area contributed by atoms with Gasteiger partial charge in [0.05, 0.1) is 0 Å². The van der Waals surface area contributed by atoms with Gasteiger partial charge in [-0.05, 0) is 33.4 Å². The first-order chi connectivity index (χ1) is 20.4. The molecule has 0 heterocycles. The number of carbonyl (C=O) groups is 3. The average Bonchev–Trinajstić information content (AvgIpc) is 3.10. The van der Waals surface area contributed by atoms with Gasteiger partial charge < -0.3 is 30.3 Å². The molecule has 4 aromatic carbocycles. The summed E-state index contributed by atoms with van der Waals surface area (Å²) in [6, 6.07) is 28.3. The predicted molar refractivity (Wildman–Crippen MR) is 153 cm³/mol. The van der Waals surface area contributed by atoms with Crippen LogP contribution in [0.4, 0.5) is 9.59 Å². The number of alkyl carbamates (subject to hydrolysis) is 2. The highest BCUT2D eigenvalue weighted by molar-refractivity contribution is 6.11. The summed E-state index contributed by atoms with van der Waals surface area (Å²) >= 11 is 0. The molecule has 0 aromatic heterocycles. The first-order valence-electron chi connectivity index (χ1n) is 13.4. The Morgan fingerprint density at radius 3 is 1.40 bits per heavy atom. The molecular weight excluding hydrogens is 536 g/mol. The number of benzene rings is 4. The minimum absolute atomic E-state index is 0.0983. The van der Waals surface area contributed by atoms with Crippen LogP contribution in [0.15, 0.2) is 97.1 Å². The molecule has 0 aliphatic heterocycles. The Labute approximate surface area is 242 Å². The number of ketones is 1. The molecule has 9 heteroatoms. The standard InChI is InChI=1S/C33H30N2O7/c36-29-25-13-11-23(17-34-32(39)41-19-21-7-3-1-4-8-21)15-27(25)30(37)31(38)28-16-24(12-14-26(28)29)18-35-33(40)42-20-22-9-5-2-6-10-22/h1-16,30-31,37-38H,17-20H2,(H,34,39)(H,35,40)/t30-,31-/m0/s1. The van der Waals surface area contributed by atoms with Gasteiger partial charge in [-0.1, -0.05) is 97.1 Å². The second-order valence-electron chi connectivity index (χ2n) is 9.89. The van der Waals surface area contributed by atoms with Crippen molar-refractivity contribution in [1.29, 1.82) is 0 Å². The van der Waals surface area contributed by atoms with Crippen molar-refractivity contribution in [3.63, 3.8) is 0 Å². The number of aliphatic hydroxyl groups is 2. The zero-order valence-corrected chi connectivity index (χ0v) is 22.7. The molecule has 0 radical (unpaired) electrons. The van der Waals surface area contributed by atoms with Gasteiger partial charge in [0.25, 0.3) is 0 Å². The lowest BCUT2D eigenvalue weighted by atomic mass is 9.96. The molecule has 214 valence electrons. The van der Waals surface area contributed by atoms with Gasteiger partial charge in [0.1, 0.15) is 25.4 Å². The normalized spacial score (nSPS) is 15.5. The maximum atomic E-state index is 13.4. The van der Waals surface area contributed by atoms with Crippen LogP contribution in [0.1, 0.15) is 61.5 Å². The van der Waals surface area contributed by atoms with Gasteiger partial charge in [0, 0.05) is 24.2 Å². The van der Waals surface area contributed by atoms with Crippen molar-refractivity contribution in [1.82, 2.24) is 10.6 Å². The number of nitrogens with one attached hydrogen (secondary N) is 2. The largest absolute Gasteiger partial charge is 0.445 e. The molecule has 2 amide bonds. The lowest BCUT2D eigenvalue weighted by molar-refractivity contribution is 0.0176. The van der Waals surface area contributed by atoms with Crippen LogP contribution < -0.4 is 10.6 Å². The van der Waals surface area contributed by atoms with Gasteiger partial charge in [-0.15, -0.1) is 0 Å². The van der Waals surface area contributed by atoms with Gasteiger partial charge in [-0.25, -0.2) is 9.59 Å². The van der Waals surface area contributed by atoms with Crippen LogP contribution in [0.5, 0.6) is 0 Å². The first kappa shape index (κ1) is 28.5. The summed E-state index contributed by atoms with van der Waals surface area (Å²) < 4.78 is 10.5. The Kier molecular flexibility index (Phi) is 8.91. The number of rotatable bonds is 8. The number of ether oxygens (including phenoxy) is 2. The van der Waals surface area contributed by atoms with Crippen molar-refractivity contribution >= 4 is 18.0 Å². The predicted octanol–water partition coefficient (Wildman–Crippen LogP) is 4.85. The van der Waals surface area contributed by atoms with E-state index < -0.39 is 24.4 Å². The summed E-state index contributed by atoms with van der Waals surface area (Å²) in [5, 5.41) is 27.5. The summed E-state index contributed by atoms with van der Waals surface area (Å²) in [5.41, 5.74) is 3.97. The molecule has 0 unspecified atom stereocenters. The molecule has 0 saturated carbocycles. The molecule has 0 bridgehead atoms. The molecule has 1 aliphatic rings. The summed E-state index contributed by atoms with van der Waals surface area (Å²) in [6.45, 7) is 0.448. The average molecular weight is 567 g/mol. The number of hydrogen-bond donors (Lipinski definition) is 4. The number of fused-ring (bicyclic) bond motifs is 2. The number of aliphatic hydroxyl groups excluding tert-OH is 2. The highest BCUT2D eigenvalue weighted by Gasteiger charge is 2.33. The van der Waals surface area contributed by atoms with Crippen LogP contribution in [0.25, 0.3) is 0 Å². The van der Waals surface area contributed by atoms with Crippen LogP contribution in [0.3, 0.4) is 0 Å². The Balaban J connectivity index is 1.22. The lowest BCUT2D eigenvalue weighted by Crippen LogP contribution is -2.24. The van der Waals surface area contributed by atoms with Crippen LogP contribution in [0, 0.1) is 0 Å². The molecule has 4 aromatic rings. The molecule has 0 spiro atoms. The number of amides is 2.